The number of nitrogens with two attached hydrogens (primary N) is 1. The molecule has 0 aliphatic carbocycles. The molecule has 0 aromatic heterocycles. The number of rotatable bonds is 6. The van der Waals surface area contributed by atoms with Crippen molar-refractivity contribution >= 4 is 30.7 Å². The van der Waals surface area contributed by atoms with Gasteiger partial charge >= 0.3 is 0 Å². The largest absolute Gasteiger partial charge is 0.342 e. The molecule has 0 bridgehead atoms. The van der Waals surface area contributed by atoms with Crippen molar-refractivity contribution in [3.63, 3.8) is 0 Å². The monoisotopic (exact) mass is 341 g/mol. The fraction of sp³-hybridized carbons (Fsp3) is 0.933. The van der Waals surface area contributed by atoms with Crippen LogP contribution >= 0.6 is 24.8 Å². The maximum absolute atomic E-state index is 12.2. The van der Waals surface area contributed by atoms with E-state index in [4.69, 9.17) is 5.73 Å². The summed E-state index contributed by atoms with van der Waals surface area (Å²) in [5.41, 5.74) is 5.82. The molecule has 128 valence electrons. The van der Waals surface area contributed by atoms with Crippen LogP contribution in [0.4, 0.5) is 0 Å². The second-order valence-corrected chi connectivity index (χ2v) is 5.90. The van der Waals surface area contributed by atoms with Crippen molar-refractivity contribution in [1.29, 1.82) is 0 Å². The van der Waals surface area contributed by atoms with E-state index in [1.807, 2.05) is 18.7 Å². The van der Waals surface area contributed by atoms with Gasteiger partial charge in [0.15, 0.2) is 0 Å². The maximum atomic E-state index is 12.2. The van der Waals surface area contributed by atoms with Gasteiger partial charge < -0.3 is 15.5 Å². The Kier molecular flexibility index (Phi) is 12.8. The van der Waals surface area contributed by atoms with E-state index in [2.05, 4.69) is 18.7 Å². The summed E-state index contributed by atoms with van der Waals surface area (Å²) in [5, 5.41) is 0. The van der Waals surface area contributed by atoms with E-state index in [0.717, 1.165) is 44.9 Å². The Morgan fingerprint density at radius 1 is 1.19 bits per heavy atom. The first-order valence-corrected chi connectivity index (χ1v) is 7.76. The molecule has 2 unspecified atom stereocenters. The average Bonchev–Trinajstić information content (AvgIpc) is 2.43. The molecule has 1 rings (SSSR count). The predicted octanol–water partition coefficient (Wildman–Crippen LogP) is 2.39. The summed E-state index contributed by atoms with van der Waals surface area (Å²) in [6.07, 6.45) is 2.27. The zero-order valence-electron chi connectivity index (χ0n) is 13.9. The number of hydrogen-bond donors (Lipinski definition) is 1. The van der Waals surface area contributed by atoms with E-state index < -0.39 is 0 Å². The quantitative estimate of drug-likeness (QED) is 0.806. The number of amides is 1. The predicted molar refractivity (Wildman–Crippen MR) is 94.4 cm³/mol. The van der Waals surface area contributed by atoms with Gasteiger partial charge in [-0.3, -0.25) is 4.79 Å². The number of likely N-dealkylation sites (tertiary alicyclic amines) is 1. The van der Waals surface area contributed by atoms with Crippen molar-refractivity contribution in [1.82, 2.24) is 9.80 Å². The average molecular weight is 342 g/mol. The lowest BCUT2D eigenvalue weighted by atomic mass is 9.94. The molecule has 1 heterocycles. The standard InChI is InChI=1S/C15H31N3O.2ClH/c1-5-17(6-2)11-14-7-9-18(10-8-14)15(19)12(3)13(4)16;;/h12-14H,5-11,16H2,1-4H3;2*1H. The van der Waals surface area contributed by atoms with Crippen LogP contribution < -0.4 is 5.73 Å². The molecule has 2 N–H and O–H groups in total. The Labute approximate surface area is 142 Å². The van der Waals surface area contributed by atoms with Crippen molar-refractivity contribution in [2.75, 3.05) is 32.7 Å². The molecule has 0 aromatic carbocycles. The molecule has 1 aliphatic rings. The van der Waals surface area contributed by atoms with Gasteiger partial charge in [0.2, 0.25) is 5.91 Å². The minimum atomic E-state index is -0.0562. The van der Waals surface area contributed by atoms with Crippen molar-refractivity contribution in [3.8, 4) is 0 Å². The summed E-state index contributed by atoms with van der Waals surface area (Å²) < 4.78 is 0. The second-order valence-electron chi connectivity index (χ2n) is 5.90. The second kappa shape index (κ2) is 11.5. The Morgan fingerprint density at radius 2 is 1.67 bits per heavy atom. The minimum Gasteiger partial charge on any atom is -0.342 e. The molecular formula is C15H33Cl2N3O. The molecule has 1 aliphatic heterocycles. The molecule has 0 spiro atoms. The van der Waals surface area contributed by atoms with Gasteiger partial charge in [-0.15, -0.1) is 24.8 Å². The van der Waals surface area contributed by atoms with E-state index in [1.165, 1.54) is 6.54 Å². The van der Waals surface area contributed by atoms with Crippen LogP contribution in [0.1, 0.15) is 40.5 Å². The zero-order chi connectivity index (χ0) is 14.4. The summed E-state index contributed by atoms with van der Waals surface area (Å²) in [6, 6.07) is -0.0547. The van der Waals surface area contributed by atoms with Gasteiger partial charge in [-0.25, -0.2) is 0 Å². The molecule has 0 radical (unpaired) electrons. The summed E-state index contributed by atoms with van der Waals surface area (Å²) in [4.78, 5) is 16.7. The Balaban J connectivity index is 0. The SMILES string of the molecule is CCN(CC)CC1CCN(C(=O)C(C)C(C)N)CC1.Cl.Cl. The third kappa shape index (κ3) is 7.18. The number of piperidine rings is 1. The van der Waals surface area contributed by atoms with Crippen LogP contribution in [-0.2, 0) is 4.79 Å². The molecule has 6 heteroatoms. The fourth-order valence-electron chi connectivity index (χ4n) is 2.70. The van der Waals surface area contributed by atoms with Crippen molar-refractivity contribution in [2.45, 2.75) is 46.6 Å². The Hall–Kier alpha value is -0.0300. The lowest BCUT2D eigenvalue weighted by Gasteiger charge is -2.36. The van der Waals surface area contributed by atoms with Gasteiger partial charge in [-0.2, -0.15) is 0 Å². The van der Waals surface area contributed by atoms with Crippen LogP contribution in [0, 0.1) is 11.8 Å². The van der Waals surface area contributed by atoms with Crippen LogP contribution in [0.3, 0.4) is 0 Å². The molecule has 0 aromatic rings. The summed E-state index contributed by atoms with van der Waals surface area (Å²) in [5.74, 6) is 0.921. The maximum Gasteiger partial charge on any atom is 0.226 e. The van der Waals surface area contributed by atoms with Crippen LogP contribution in [0.15, 0.2) is 0 Å². The first kappa shape index (κ1) is 23.2. The third-order valence-corrected chi connectivity index (χ3v) is 4.52. The van der Waals surface area contributed by atoms with Gasteiger partial charge in [0.1, 0.15) is 0 Å². The summed E-state index contributed by atoms with van der Waals surface area (Å²) in [7, 11) is 0. The molecule has 1 saturated heterocycles. The zero-order valence-corrected chi connectivity index (χ0v) is 15.5. The highest BCUT2D eigenvalue weighted by Crippen LogP contribution is 2.20. The molecular weight excluding hydrogens is 309 g/mol. The van der Waals surface area contributed by atoms with Gasteiger partial charge in [-0.05, 0) is 38.8 Å². The fourth-order valence-corrected chi connectivity index (χ4v) is 2.70. The molecule has 21 heavy (non-hydrogen) atoms. The number of carbonyl (C=O) groups is 1. The van der Waals surface area contributed by atoms with E-state index in [1.54, 1.807) is 0 Å². The van der Waals surface area contributed by atoms with Crippen molar-refractivity contribution < 1.29 is 4.79 Å². The van der Waals surface area contributed by atoms with E-state index in [-0.39, 0.29) is 42.7 Å². The lowest BCUT2D eigenvalue weighted by Crippen LogP contribution is -2.46. The number of hydrogen-bond acceptors (Lipinski definition) is 3. The normalized spacial score (nSPS) is 18.7. The first-order valence-electron chi connectivity index (χ1n) is 7.76. The summed E-state index contributed by atoms with van der Waals surface area (Å²) in [6.45, 7) is 13.5. The van der Waals surface area contributed by atoms with E-state index in [0.29, 0.717) is 0 Å². The van der Waals surface area contributed by atoms with Crippen LogP contribution in [-0.4, -0.2) is 54.5 Å². The van der Waals surface area contributed by atoms with Crippen LogP contribution in [0.5, 0.6) is 0 Å². The smallest absolute Gasteiger partial charge is 0.226 e. The number of halogens is 2. The van der Waals surface area contributed by atoms with Crippen LogP contribution in [0.2, 0.25) is 0 Å². The van der Waals surface area contributed by atoms with E-state index in [9.17, 15) is 4.79 Å². The highest BCUT2D eigenvalue weighted by atomic mass is 35.5. The van der Waals surface area contributed by atoms with Crippen LogP contribution in [0.25, 0.3) is 0 Å². The first-order chi connectivity index (χ1) is 8.99. The van der Waals surface area contributed by atoms with Gasteiger partial charge in [0.25, 0.3) is 0 Å². The molecule has 4 nitrogen and oxygen atoms in total. The van der Waals surface area contributed by atoms with Gasteiger partial charge in [0.05, 0.1) is 5.92 Å². The lowest BCUT2D eigenvalue weighted by molar-refractivity contribution is -0.137. The number of carbonyl (C=O) groups excluding carboxylic acids is 1. The Bertz CT molecular complexity index is 278. The number of nitrogens with zero attached hydrogens (tertiary/aromatic N) is 2. The van der Waals surface area contributed by atoms with Gasteiger partial charge in [0, 0.05) is 25.7 Å². The van der Waals surface area contributed by atoms with E-state index >= 15 is 0 Å². The van der Waals surface area contributed by atoms with Gasteiger partial charge in [-0.1, -0.05) is 20.8 Å². The molecule has 0 saturated carbocycles. The minimum absolute atomic E-state index is 0. The molecule has 1 fully saturated rings. The topological polar surface area (TPSA) is 49.6 Å². The van der Waals surface area contributed by atoms with Crippen molar-refractivity contribution in [2.24, 2.45) is 17.6 Å². The Morgan fingerprint density at radius 3 is 2.05 bits per heavy atom. The van der Waals surface area contributed by atoms with Crippen molar-refractivity contribution in [3.05, 3.63) is 0 Å². The molecule has 1 amide bonds. The highest BCUT2D eigenvalue weighted by molar-refractivity contribution is 5.85. The third-order valence-electron chi connectivity index (χ3n) is 4.52. The molecule has 2 atom stereocenters. The summed E-state index contributed by atoms with van der Waals surface area (Å²) >= 11 is 0. The highest BCUT2D eigenvalue weighted by Gasteiger charge is 2.27.